The molecule has 114 valence electrons. The zero-order valence-electron chi connectivity index (χ0n) is 12.3. The van der Waals surface area contributed by atoms with Crippen LogP contribution in [0.25, 0.3) is 11.3 Å². The summed E-state index contributed by atoms with van der Waals surface area (Å²) in [6.07, 6.45) is 3.83. The molecule has 2 aromatic rings. The predicted molar refractivity (Wildman–Crippen MR) is 79.2 cm³/mol. The Balaban J connectivity index is 2.02. The van der Waals surface area contributed by atoms with Gasteiger partial charge in [0.15, 0.2) is 5.76 Å². The van der Waals surface area contributed by atoms with E-state index in [9.17, 15) is 4.39 Å². The minimum atomic E-state index is -0.271. The molecule has 0 fully saturated rings. The minimum Gasteiger partial charge on any atom is -0.439 e. The van der Waals surface area contributed by atoms with E-state index < -0.39 is 0 Å². The first-order valence-electron chi connectivity index (χ1n) is 7.26. The summed E-state index contributed by atoms with van der Waals surface area (Å²) in [4.78, 5) is 6.38. The molecule has 0 aliphatic carbocycles. The third-order valence-corrected chi connectivity index (χ3v) is 3.29. The fourth-order valence-corrected chi connectivity index (χ4v) is 2.12. The summed E-state index contributed by atoms with van der Waals surface area (Å²) in [5.74, 6) is 0.968. The first-order chi connectivity index (χ1) is 10.2. The summed E-state index contributed by atoms with van der Waals surface area (Å²) in [5, 5.41) is 9.10. The lowest BCUT2D eigenvalue weighted by Gasteiger charge is -2.18. The van der Waals surface area contributed by atoms with Gasteiger partial charge in [-0.15, -0.1) is 0 Å². The summed E-state index contributed by atoms with van der Waals surface area (Å²) < 4.78 is 18.6. The van der Waals surface area contributed by atoms with E-state index in [4.69, 9.17) is 9.52 Å². The third kappa shape index (κ3) is 4.65. The third-order valence-electron chi connectivity index (χ3n) is 3.29. The maximum atomic E-state index is 12.9. The Morgan fingerprint density at radius 3 is 2.67 bits per heavy atom. The van der Waals surface area contributed by atoms with Crippen LogP contribution in [0, 0.1) is 5.82 Å². The molecule has 4 nitrogen and oxygen atoms in total. The minimum absolute atomic E-state index is 0.120. The molecule has 21 heavy (non-hydrogen) atoms. The number of aliphatic hydroxyl groups excluding tert-OH is 1. The van der Waals surface area contributed by atoms with Crippen LogP contribution in [-0.2, 0) is 6.54 Å². The van der Waals surface area contributed by atoms with E-state index >= 15 is 0 Å². The van der Waals surface area contributed by atoms with E-state index in [-0.39, 0.29) is 12.4 Å². The van der Waals surface area contributed by atoms with Crippen LogP contribution in [0.4, 0.5) is 4.39 Å². The summed E-state index contributed by atoms with van der Waals surface area (Å²) >= 11 is 0. The number of oxazole rings is 1. The highest BCUT2D eigenvalue weighted by Gasteiger charge is 2.11. The molecule has 0 unspecified atom stereocenters. The molecule has 0 bridgehead atoms. The van der Waals surface area contributed by atoms with E-state index in [0.717, 1.165) is 24.9 Å². The van der Waals surface area contributed by atoms with Gasteiger partial charge in [0.2, 0.25) is 5.89 Å². The van der Waals surface area contributed by atoms with Crippen LogP contribution < -0.4 is 0 Å². The number of hydrogen-bond donors (Lipinski definition) is 1. The van der Waals surface area contributed by atoms with Gasteiger partial charge in [-0.3, -0.25) is 4.90 Å². The van der Waals surface area contributed by atoms with Gasteiger partial charge in [0.05, 0.1) is 19.3 Å². The second-order valence-corrected chi connectivity index (χ2v) is 4.98. The number of halogens is 1. The van der Waals surface area contributed by atoms with Gasteiger partial charge in [0.25, 0.3) is 0 Å². The highest BCUT2D eigenvalue weighted by molar-refractivity contribution is 5.55. The SMILES string of the molecule is CCCCN(CCO)Cc1ncc(-c2ccc(F)cc2)o1. The molecule has 0 aliphatic heterocycles. The molecule has 1 aromatic carbocycles. The van der Waals surface area contributed by atoms with Crippen LogP contribution in [-0.4, -0.2) is 34.7 Å². The van der Waals surface area contributed by atoms with Crippen LogP contribution >= 0.6 is 0 Å². The molecule has 1 heterocycles. The molecule has 0 aliphatic rings. The van der Waals surface area contributed by atoms with Crippen molar-refractivity contribution in [3.8, 4) is 11.3 Å². The second kappa shape index (κ2) is 7.90. The van der Waals surface area contributed by atoms with Gasteiger partial charge in [-0.05, 0) is 37.2 Å². The molecule has 1 N–H and O–H groups in total. The lowest BCUT2D eigenvalue weighted by Crippen LogP contribution is -2.27. The number of aromatic nitrogens is 1. The van der Waals surface area contributed by atoms with Crippen molar-refractivity contribution >= 4 is 0 Å². The number of rotatable bonds is 8. The fourth-order valence-electron chi connectivity index (χ4n) is 2.12. The predicted octanol–water partition coefficient (Wildman–Crippen LogP) is 3.08. The van der Waals surface area contributed by atoms with Gasteiger partial charge in [-0.2, -0.15) is 0 Å². The monoisotopic (exact) mass is 292 g/mol. The molecule has 2 rings (SSSR count). The van der Waals surface area contributed by atoms with Crippen LogP contribution in [0.2, 0.25) is 0 Å². The maximum absolute atomic E-state index is 12.9. The molecular weight excluding hydrogens is 271 g/mol. The summed E-state index contributed by atoms with van der Waals surface area (Å²) in [5.41, 5.74) is 0.803. The second-order valence-electron chi connectivity index (χ2n) is 4.98. The summed E-state index contributed by atoms with van der Waals surface area (Å²) in [7, 11) is 0. The summed E-state index contributed by atoms with van der Waals surface area (Å²) in [6.45, 7) is 4.34. The normalized spacial score (nSPS) is 11.2. The number of benzene rings is 1. The highest BCUT2D eigenvalue weighted by atomic mass is 19.1. The molecule has 0 amide bonds. The number of nitrogens with zero attached hydrogens (tertiary/aromatic N) is 2. The Kier molecular flexibility index (Phi) is 5.90. The van der Waals surface area contributed by atoms with Gasteiger partial charge in [-0.25, -0.2) is 9.37 Å². The van der Waals surface area contributed by atoms with E-state index in [1.807, 2.05) is 0 Å². The van der Waals surface area contributed by atoms with Crippen molar-refractivity contribution in [1.82, 2.24) is 9.88 Å². The zero-order chi connectivity index (χ0) is 15.1. The number of hydrogen-bond acceptors (Lipinski definition) is 4. The van der Waals surface area contributed by atoms with Crippen molar-refractivity contribution in [3.63, 3.8) is 0 Å². The van der Waals surface area contributed by atoms with Crippen molar-refractivity contribution in [2.75, 3.05) is 19.7 Å². The molecule has 0 saturated heterocycles. The Labute approximate surface area is 124 Å². The van der Waals surface area contributed by atoms with Crippen LogP contribution in [0.3, 0.4) is 0 Å². The summed E-state index contributed by atoms with van der Waals surface area (Å²) in [6, 6.07) is 6.14. The quantitative estimate of drug-likeness (QED) is 0.812. The topological polar surface area (TPSA) is 49.5 Å². The standard InChI is InChI=1S/C16H21FN2O2/c1-2-3-8-19(9-10-20)12-16-18-11-15(21-16)13-4-6-14(17)7-5-13/h4-7,11,20H,2-3,8-10,12H2,1H3. The van der Waals surface area contributed by atoms with Gasteiger partial charge < -0.3 is 9.52 Å². The van der Waals surface area contributed by atoms with Gasteiger partial charge in [0, 0.05) is 12.1 Å². The van der Waals surface area contributed by atoms with E-state index in [2.05, 4.69) is 16.8 Å². The zero-order valence-corrected chi connectivity index (χ0v) is 12.3. The van der Waals surface area contributed by atoms with E-state index in [0.29, 0.717) is 24.7 Å². The van der Waals surface area contributed by atoms with Crippen molar-refractivity contribution in [2.24, 2.45) is 0 Å². The molecule has 0 radical (unpaired) electrons. The van der Waals surface area contributed by atoms with E-state index in [1.54, 1.807) is 18.3 Å². The molecule has 0 atom stereocenters. The van der Waals surface area contributed by atoms with Gasteiger partial charge in [0.1, 0.15) is 5.82 Å². The largest absolute Gasteiger partial charge is 0.439 e. The molecule has 5 heteroatoms. The first-order valence-corrected chi connectivity index (χ1v) is 7.26. The van der Waals surface area contributed by atoms with Gasteiger partial charge >= 0.3 is 0 Å². The average Bonchev–Trinajstić information content (AvgIpc) is 2.94. The van der Waals surface area contributed by atoms with Crippen molar-refractivity contribution in [1.29, 1.82) is 0 Å². The molecule has 1 aromatic heterocycles. The molecule has 0 saturated carbocycles. The molecule has 0 spiro atoms. The van der Waals surface area contributed by atoms with E-state index in [1.165, 1.54) is 12.1 Å². The maximum Gasteiger partial charge on any atom is 0.209 e. The van der Waals surface area contributed by atoms with Crippen LogP contribution in [0.15, 0.2) is 34.9 Å². The van der Waals surface area contributed by atoms with Crippen molar-refractivity contribution in [2.45, 2.75) is 26.3 Å². The lowest BCUT2D eigenvalue weighted by atomic mass is 10.2. The molecular formula is C16H21FN2O2. The lowest BCUT2D eigenvalue weighted by molar-refractivity contribution is 0.177. The number of aliphatic hydroxyl groups is 1. The Bertz CT molecular complexity index is 539. The number of unbranched alkanes of at least 4 members (excludes halogenated alkanes) is 1. The highest BCUT2D eigenvalue weighted by Crippen LogP contribution is 2.21. The Hall–Kier alpha value is -1.72. The smallest absolute Gasteiger partial charge is 0.209 e. The average molecular weight is 292 g/mol. The Morgan fingerprint density at radius 2 is 2.00 bits per heavy atom. The fraction of sp³-hybridized carbons (Fsp3) is 0.438. The van der Waals surface area contributed by atoms with Crippen LogP contribution in [0.1, 0.15) is 25.7 Å². The first kappa shape index (κ1) is 15.7. The van der Waals surface area contributed by atoms with Gasteiger partial charge in [-0.1, -0.05) is 13.3 Å². The Morgan fingerprint density at radius 1 is 1.24 bits per heavy atom. The van der Waals surface area contributed by atoms with Crippen LogP contribution in [0.5, 0.6) is 0 Å². The van der Waals surface area contributed by atoms with Crippen molar-refractivity contribution < 1.29 is 13.9 Å². The van der Waals surface area contributed by atoms with Crippen molar-refractivity contribution in [3.05, 3.63) is 42.2 Å².